The molecule has 0 aliphatic rings. The predicted octanol–water partition coefficient (Wildman–Crippen LogP) is 3.21. The van der Waals surface area contributed by atoms with Gasteiger partial charge in [0.1, 0.15) is 5.75 Å². The van der Waals surface area contributed by atoms with Gasteiger partial charge in [-0.1, -0.05) is 12.1 Å². The summed E-state index contributed by atoms with van der Waals surface area (Å²) in [6, 6.07) is 15.9. The number of benzene rings is 2. The SMILES string of the molecule is Cc1cccc(OCCC(=O)O[C@@H](C)C(=O)Nc2ccc(C#N)cc2)c1. The summed E-state index contributed by atoms with van der Waals surface area (Å²) in [7, 11) is 0. The second-order valence-corrected chi connectivity index (χ2v) is 5.73. The highest BCUT2D eigenvalue weighted by atomic mass is 16.5. The maximum atomic E-state index is 12.1. The summed E-state index contributed by atoms with van der Waals surface area (Å²) in [5, 5.41) is 11.4. The number of anilines is 1. The van der Waals surface area contributed by atoms with Crippen LogP contribution in [0.5, 0.6) is 5.75 Å². The third-order valence-corrected chi connectivity index (χ3v) is 3.52. The first-order valence-corrected chi connectivity index (χ1v) is 8.18. The highest BCUT2D eigenvalue weighted by Gasteiger charge is 2.18. The molecule has 0 saturated heterocycles. The molecule has 0 heterocycles. The molecule has 0 radical (unpaired) electrons. The smallest absolute Gasteiger partial charge is 0.310 e. The van der Waals surface area contributed by atoms with Crippen molar-refractivity contribution in [3.05, 3.63) is 59.7 Å². The van der Waals surface area contributed by atoms with Gasteiger partial charge in [0.2, 0.25) is 0 Å². The van der Waals surface area contributed by atoms with Crippen molar-refractivity contribution in [3.63, 3.8) is 0 Å². The zero-order valence-electron chi connectivity index (χ0n) is 14.7. The summed E-state index contributed by atoms with van der Waals surface area (Å²) in [6.45, 7) is 3.62. The van der Waals surface area contributed by atoms with E-state index in [1.807, 2.05) is 37.3 Å². The minimum atomic E-state index is -0.933. The van der Waals surface area contributed by atoms with Crippen LogP contribution < -0.4 is 10.1 Å². The molecule has 0 unspecified atom stereocenters. The van der Waals surface area contributed by atoms with E-state index in [2.05, 4.69) is 5.32 Å². The van der Waals surface area contributed by atoms with Crippen LogP contribution in [-0.2, 0) is 14.3 Å². The first kappa shape index (κ1) is 19.0. The van der Waals surface area contributed by atoms with E-state index in [0.717, 1.165) is 5.56 Å². The second kappa shape index (κ2) is 9.23. The monoisotopic (exact) mass is 352 g/mol. The number of hydrogen-bond donors (Lipinski definition) is 1. The Morgan fingerprint density at radius 3 is 2.58 bits per heavy atom. The minimum Gasteiger partial charge on any atom is -0.493 e. The summed E-state index contributed by atoms with van der Waals surface area (Å²) in [5.74, 6) is -0.271. The van der Waals surface area contributed by atoms with E-state index in [-0.39, 0.29) is 13.0 Å². The van der Waals surface area contributed by atoms with Crippen LogP contribution in [0.25, 0.3) is 0 Å². The number of rotatable bonds is 7. The molecule has 134 valence electrons. The molecule has 0 saturated carbocycles. The molecule has 0 bridgehead atoms. The highest BCUT2D eigenvalue weighted by Crippen LogP contribution is 2.13. The number of esters is 1. The van der Waals surface area contributed by atoms with Gasteiger partial charge in [0, 0.05) is 5.69 Å². The normalized spacial score (nSPS) is 11.1. The van der Waals surface area contributed by atoms with Crippen molar-refractivity contribution in [3.8, 4) is 11.8 Å². The fourth-order valence-corrected chi connectivity index (χ4v) is 2.14. The van der Waals surface area contributed by atoms with E-state index in [0.29, 0.717) is 17.0 Å². The van der Waals surface area contributed by atoms with Crippen LogP contribution in [0, 0.1) is 18.3 Å². The molecule has 0 spiro atoms. The molecule has 6 nitrogen and oxygen atoms in total. The molecule has 1 N–H and O–H groups in total. The quantitative estimate of drug-likeness (QED) is 0.773. The van der Waals surface area contributed by atoms with E-state index in [4.69, 9.17) is 14.7 Å². The third kappa shape index (κ3) is 5.95. The molecule has 1 atom stereocenters. The van der Waals surface area contributed by atoms with Crippen LogP contribution in [0.4, 0.5) is 5.69 Å². The lowest BCUT2D eigenvalue weighted by molar-refractivity contribution is -0.153. The van der Waals surface area contributed by atoms with Crippen LogP contribution in [0.2, 0.25) is 0 Å². The summed E-state index contributed by atoms with van der Waals surface area (Å²) in [6.07, 6.45) is -0.889. The third-order valence-electron chi connectivity index (χ3n) is 3.52. The number of carbonyl (C=O) groups is 2. The molecule has 2 aromatic rings. The van der Waals surface area contributed by atoms with Crippen molar-refractivity contribution in [2.75, 3.05) is 11.9 Å². The molecule has 2 rings (SSSR count). The van der Waals surface area contributed by atoms with Crippen molar-refractivity contribution in [2.24, 2.45) is 0 Å². The predicted molar refractivity (Wildman–Crippen MR) is 96.6 cm³/mol. The number of nitrogens with one attached hydrogen (secondary N) is 1. The largest absolute Gasteiger partial charge is 0.493 e. The lowest BCUT2D eigenvalue weighted by Crippen LogP contribution is -2.30. The van der Waals surface area contributed by atoms with Crippen molar-refractivity contribution >= 4 is 17.6 Å². The van der Waals surface area contributed by atoms with Crippen LogP contribution in [0.1, 0.15) is 24.5 Å². The van der Waals surface area contributed by atoms with E-state index >= 15 is 0 Å². The maximum Gasteiger partial charge on any atom is 0.310 e. The van der Waals surface area contributed by atoms with Crippen molar-refractivity contribution in [1.29, 1.82) is 5.26 Å². The molecule has 2 aromatic carbocycles. The van der Waals surface area contributed by atoms with E-state index in [1.54, 1.807) is 24.3 Å². The molecule has 0 aliphatic carbocycles. The average Bonchev–Trinajstić information content (AvgIpc) is 2.62. The Labute approximate surface area is 152 Å². The Morgan fingerprint density at radius 2 is 1.92 bits per heavy atom. The van der Waals surface area contributed by atoms with Crippen LogP contribution in [0.3, 0.4) is 0 Å². The summed E-state index contributed by atoms with van der Waals surface area (Å²) >= 11 is 0. The number of ether oxygens (including phenoxy) is 2. The topological polar surface area (TPSA) is 88.4 Å². The van der Waals surface area contributed by atoms with Crippen LogP contribution >= 0.6 is 0 Å². The van der Waals surface area contributed by atoms with Crippen molar-refractivity contribution in [2.45, 2.75) is 26.4 Å². The zero-order chi connectivity index (χ0) is 18.9. The Bertz CT molecular complexity index is 809. The Morgan fingerprint density at radius 1 is 1.19 bits per heavy atom. The van der Waals surface area contributed by atoms with Gasteiger partial charge in [-0.25, -0.2) is 0 Å². The molecule has 26 heavy (non-hydrogen) atoms. The first-order valence-electron chi connectivity index (χ1n) is 8.18. The van der Waals surface area contributed by atoms with Gasteiger partial charge in [-0.2, -0.15) is 5.26 Å². The Balaban J connectivity index is 1.74. The number of nitriles is 1. The average molecular weight is 352 g/mol. The van der Waals surface area contributed by atoms with Gasteiger partial charge in [0.25, 0.3) is 5.91 Å². The van der Waals surface area contributed by atoms with E-state index < -0.39 is 18.0 Å². The van der Waals surface area contributed by atoms with Gasteiger partial charge in [0.15, 0.2) is 6.10 Å². The summed E-state index contributed by atoms with van der Waals surface area (Å²) in [5.41, 5.74) is 2.09. The minimum absolute atomic E-state index is 0.0441. The first-order chi connectivity index (χ1) is 12.5. The van der Waals surface area contributed by atoms with Gasteiger partial charge >= 0.3 is 5.97 Å². The molecule has 0 aliphatic heterocycles. The molecular weight excluding hydrogens is 332 g/mol. The zero-order valence-corrected chi connectivity index (χ0v) is 14.7. The second-order valence-electron chi connectivity index (χ2n) is 5.73. The molecule has 1 amide bonds. The Kier molecular flexibility index (Phi) is 6.75. The fourth-order valence-electron chi connectivity index (χ4n) is 2.14. The number of hydrogen-bond acceptors (Lipinski definition) is 5. The standard InChI is InChI=1S/C20H20N2O4/c1-14-4-3-5-18(12-14)25-11-10-19(23)26-15(2)20(24)22-17-8-6-16(13-21)7-9-17/h3-9,12,15H,10-11H2,1-2H3,(H,22,24)/t15-/m0/s1. The molecule has 6 heteroatoms. The lowest BCUT2D eigenvalue weighted by atomic mass is 10.2. The van der Waals surface area contributed by atoms with Gasteiger partial charge in [-0.05, 0) is 55.8 Å². The lowest BCUT2D eigenvalue weighted by Gasteiger charge is -2.14. The number of aryl methyl sites for hydroxylation is 1. The van der Waals surface area contributed by atoms with Crippen molar-refractivity contribution in [1.82, 2.24) is 0 Å². The number of carbonyl (C=O) groups excluding carboxylic acids is 2. The fraction of sp³-hybridized carbons (Fsp3) is 0.250. The molecule has 0 fully saturated rings. The van der Waals surface area contributed by atoms with Gasteiger partial charge in [-0.3, -0.25) is 9.59 Å². The molecule has 0 aromatic heterocycles. The van der Waals surface area contributed by atoms with E-state index in [9.17, 15) is 9.59 Å². The summed E-state index contributed by atoms with van der Waals surface area (Å²) < 4.78 is 10.6. The highest BCUT2D eigenvalue weighted by molar-refractivity contribution is 5.95. The van der Waals surface area contributed by atoms with Gasteiger partial charge in [-0.15, -0.1) is 0 Å². The number of amides is 1. The van der Waals surface area contributed by atoms with Crippen LogP contribution in [0.15, 0.2) is 48.5 Å². The summed E-state index contributed by atoms with van der Waals surface area (Å²) in [4.78, 5) is 23.9. The van der Waals surface area contributed by atoms with Crippen LogP contribution in [-0.4, -0.2) is 24.6 Å². The van der Waals surface area contributed by atoms with Crippen molar-refractivity contribution < 1.29 is 19.1 Å². The van der Waals surface area contributed by atoms with Gasteiger partial charge in [0.05, 0.1) is 24.7 Å². The molecular formula is C20H20N2O4. The van der Waals surface area contributed by atoms with E-state index in [1.165, 1.54) is 6.92 Å². The maximum absolute atomic E-state index is 12.1. The Hall–Kier alpha value is -3.33. The van der Waals surface area contributed by atoms with Gasteiger partial charge < -0.3 is 14.8 Å². The number of nitrogens with zero attached hydrogens (tertiary/aromatic N) is 1.